The number of anilines is 1. The lowest BCUT2D eigenvalue weighted by molar-refractivity contribution is -0.115. The van der Waals surface area contributed by atoms with Gasteiger partial charge in [0.25, 0.3) is 0 Å². The number of aliphatic hydroxyl groups is 1. The second-order valence-electron chi connectivity index (χ2n) is 6.48. The predicted octanol–water partition coefficient (Wildman–Crippen LogP) is 5.19. The summed E-state index contributed by atoms with van der Waals surface area (Å²) >= 11 is 6.10. The molecule has 3 rings (SSSR count). The highest BCUT2D eigenvalue weighted by molar-refractivity contribution is 6.31. The van der Waals surface area contributed by atoms with Gasteiger partial charge in [-0.1, -0.05) is 72.3 Å². The van der Waals surface area contributed by atoms with E-state index in [2.05, 4.69) is 5.32 Å². The highest BCUT2D eigenvalue weighted by Crippen LogP contribution is 2.20. The van der Waals surface area contributed by atoms with Gasteiger partial charge < -0.3 is 10.4 Å². The summed E-state index contributed by atoms with van der Waals surface area (Å²) in [5.74, 6) is -0.102. The Morgan fingerprint density at radius 1 is 0.926 bits per heavy atom. The summed E-state index contributed by atoms with van der Waals surface area (Å²) < 4.78 is 0. The summed E-state index contributed by atoms with van der Waals surface area (Å²) in [4.78, 5) is 12.2. The van der Waals surface area contributed by atoms with E-state index in [-0.39, 0.29) is 12.3 Å². The highest BCUT2D eigenvalue weighted by Gasteiger charge is 2.09. The number of rotatable bonds is 7. The van der Waals surface area contributed by atoms with Gasteiger partial charge >= 0.3 is 0 Å². The molecule has 27 heavy (non-hydrogen) atoms. The highest BCUT2D eigenvalue weighted by atomic mass is 35.5. The normalized spacial score (nSPS) is 11.8. The van der Waals surface area contributed by atoms with Crippen molar-refractivity contribution in [3.8, 4) is 0 Å². The lowest BCUT2D eigenvalue weighted by Gasteiger charge is -2.11. The standard InChI is InChI=1S/C23H22ClNO2/c24-21-9-5-4-8-19(21)16-23(27)25-20-13-10-17(11-14-20)12-15-22(26)18-6-2-1-3-7-18/h1-11,13-14,22,26H,12,15-16H2,(H,25,27)/t22-/m1/s1. The molecule has 2 N–H and O–H groups in total. The molecule has 138 valence electrons. The van der Waals surface area contributed by atoms with Crippen LogP contribution in [0.2, 0.25) is 5.02 Å². The van der Waals surface area contributed by atoms with Gasteiger partial charge in [-0.25, -0.2) is 0 Å². The van der Waals surface area contributed by atoms with Crippen LogP contribution in [0, 0.1) is 0 Å². The van der Waals surface area contributed by atoms with Gasteiger partial charge in [0.05, 0.1) is 12.5 Å². The molecule has 0 aromatic heterocycles. The zero-order valence-corrected chi connectivity index (χ0v) is 15.7. The summed E-state index contributed by atoms with van der Waals surface area (Å²) in [5, 5.41) is 13.7. The molecule has 3 nitrogen and oxygen atoms in total. The molecule has 0 saturated carbocycles. The predicted molar refractivity (Wildman–Crippen MR) is 110 cm³/mol. The van der Waals surface area contributed by atoms with Crippen molar-refractivity contribution in [2.24, 2.45) is 0 Å². The lowest BCUT2D eigenvalue weighted by atomic mass is 10.0. The Bertz CT molecular complexity index is 878. The number of carbonyl (C=O) groups excluding carboxylic acids is 1. The van der Waals surface area contributed by atoms with Crippen molar-refractivity contribution in [3.63, 3.8) is 0 Å². The minimum atomic E-state index is -0.471. The van der Waals surface area contributed by atoms with Crippen LogP contribution >= 0.6 is 11.6 Å². The van der Waals surface area contributed by atoms with Gasteiger partial charge in [0.2, 0.25) is 5.91 Å². The van der Waals surface area contributed by atoms with Crippen molar-refractivity contribution < 1.29 is 9.90 Å². The molecule has 0 aliphatic rings. The third-order valence-corrected chi connectivity index (χ3v) is 4.81. The number of aliphatic hydroxyl groups excluding tert-OH is 1. The van der Waals surface area contributed by atoms with Crippen molar-refractivity contribution in [1.29, 1.82) is 0 Å². The van der Waals surface area contributed by atoms with Crippen LogP contribution in [0.5, 0.6) is 0 Å². The molecule has 0 heterocycles. The van der Waals surface area contributed by atoms with E-state index in [9.17, 15) is 9.90 Å². The van der Waals surface area contributed by atoms with Gasteiger partial charge in [0, 0.05) is 10.7 Å². The Morgan fingerprint density at radius 3 is 2.30 bits per heavy atom. The zero-order valence-electron chi connectivity index (χ0n) is 14.9. The maximum Gasteiger partial charge on any atom is 0.228 e. The molecule has 0 fully saturated rings. The zero-order chi connectivity index (χ0) is 19.1. The molecule has 3 aromatic carbocycles. The topological polar surface area (TPSA) is 49.3 Å². The maximum atomic E-state index is 12.2. The van der Waals surface area contributed by atoms with Crippen LogP contribution in [-0.2, 0) is 17.6 Å². The Balaban J connectivity index is 1.51. The van der Waals surface area contributed by atoms with E-state index in [1.807, 2.05) is 72.8 Å². The Kier molecular flexibility index (Phi) is 6.64. The molecule has 0 spiro atoms. The van der Waals surface area contributed by atoms with E-state index in [0.29, 0.717) is 11.4 Å². The first-order valence-corrected chi connectivity index (χ1v) is 9.35. The third kappa shape index (κ3) is 5.68. The quantitative estimate of drug-likeness (QED) is 0.593. The van der Waals surface area contributed by atoms with Crippen LogP contribution in [-0.4, -0.2) is 11.0 Å². The Hall–Kier alpha value is -2.62. The molecule has 0 radical (unpaired) electrons. The Labute approximate surface area is 164 Å². The number of halogens is 1. The molecule has 4 heteroatoms. The second-order valence-corrected chi connectivity index (χ2v) is 6.89. The van der Waals surface area contributed by atoms with Crippen molar-refractivity contribution in [1.82, 2.24) is 0 Å². The smallest absolute Gasteiger partial charge is 0.228 e. The molecule has 1 amide bonds. The molecule has 1 atom stereocenters. The molecule has 0 unspecified atom stereocenters. The van der Waals surface area contributed by atoms with Crippen molar-refractivity contribution in [3.05, 3.63) is 101 Å². The molecular formula is C23H22ClNO2. The van der Waals surface area contributed by atoms with Crippen LogP contribution in [0.15, 0.2) is 78.9 Å². The summed E-state index contributed by atoms with van der Waals surface area (Å²) in [5.41, 5.74) is 3.61. The first kappa shape index (κ1) is 19.2. The first-order chi connectivity index (χ1) is 13.1. The van der Waals surface area contributed by atoms with E-state index in [1.54, 1.807) is 6.07 Å². The molecule has 0 aliphatic carbocycles. The fraction of sp³-hybridized carbons (Fsp3) is 0.174. The summed E-state index contributed by atoms with van der Waals surface area (Å²) in [6.45, 7) is 0. The fourth-order valence-electron chi connectivity index (χ4n) is 2.92. The van der Waals surface area contributed by atoms with Crippen molar-refractivity contribution in [2.75, 3.05) is 5.32 Å². The van der Waals surface area contributed by atoms with Crippen molar-refractivity contribution >= 4 is 23.2 Å². The van der Waals surface area contributed by atoms with Gasteiger partial charge in [0.15, 0.2) is 0 Å². The SMILES string of the molecule is O=C(Cc1ccccc1Cl)Nc1ccc(CC[C@@H](O)c2ccccc2)cc1. The maximum absolute atomic E-state index is 12.2. The minimum absolute atomic E-state index is 0.102. The average Bonchev–Trinajstić information content (AvgIpc) is 2.69. The van der Waals surface area contributed by atoms with E-state index in [4.69, 9.17) is 11.6 Å². The number of benzene rings is 3. The van der Waals surface area contributed by atoms with E-state index >= 15 is 0 Å². The van der Waals surface area contributed by atoms with E-state index in [0.717, 1.165) is 28.8 Å². The number of amides is 1. The van der Waals surface area contributed by atoms with Crippen LogP contribution in [0.4, 0.5) is 5.69 Å². The largest absolute Gasteiger partial charge is 0.388 e. The van der Waals surface area contributed by atoms with Gasteiger partial charge in [0.1, 0.15) is 0 Å². The van der Waals surface area contributed by atoms with E-state index < -0.39 is 6.10 Å². The fourth-order valence-corrected chi connectivity index (χ4v) is 3.12. The number of hydrogen-bond acceptors (Lipinski definition) is 2. The van der Waals surface area contributed by atoms with Gasteiger partial charge in [-0.15, -0.1) is 0 Å². The molecule has 0 aliphatic heterocycles. The third-order valence-electron chi connectivity index (χ3n) is 4.44. The van der Waals surface area contributed by atoms with Gasteiger partial charge in [-0.05, 0) is 47.7 Å². The molecule has 3 aromatic rings. The number of carbonyl (C=O) groups is 1. The number of hydrogen-bond donors (Lipinski definition) is 2. The first-order valence-electron chi connectivity index (χ1n) is 8.97. The summed E-state index contributed by atoms with van der Waals surface area (Å²) in [7, 11) is 0. The monoisotopic (exact) mass is 379 g/mol. The lowest BCUT2D eigenvalue weighted by Crippen LogP contribution is -2.14. The summed E-state index contributed by atoms with van der Waals surface area (Å²) in [6, 6.07) is 24.7. The molecular weight excluding hydrogens is 358 g/mol. The van der Waals surface area contributed by atoms with Crippen LogP contribution in [0.25, 0.3) is 0 Å². The van der Waals surface area contributed by atoms with Crippen LogP contribution in [0.1, 0.15) is 29.2 Å². The van der Waals surface area contributed by atoms with Crippen LogP contribution in [0.3, 0.4) is 0 Å². The molecule has 0 saturated heterocycles. The second kappa shape index (κ2) is 9.36. The number of aryl methyl sites for hydroxylation is 1. The molecule has 0 bridgehead atoms. The minimum Gasteiger partial charge on any atom is -0.388 e. The van der Waals surface area contributed by atoms with E-state index in [1.165, 1.54) is 0 Å². The summed E-state index contributed by atoms with van der Waals surface area (Å²) in [6.07, 6.45) is 1.19. The van der Waals surface area contributed by atoms with Gasteiger partial charge in [-0.2, -0.15) is 0 Å². The van der Waals surface area contributed by atoms with Gasteiger partial charge in [-0.3, -0.25) is 4.79 Å². The average molecular weight is 380 g/mol. The van der Waals surface area contributed by atoms with Crippen LogP contribution < -0.4 is 5.32 Å². The Morgan fingerprint density at radius 2 is 1.59 bits per heavy atom. The number of nitrogens with one attached hydrogen (secondary N) is 1. The van der Waals surface area contributed by atoms with Crippen molar-refractivity contribution in [2.45, 2.75) is 25.4 Å².